The maximum absolute atomic E-state index is 12.3. The summed E-state index contributed by atoms with van der Waals surface area (Å²) in [5.74, 6) is 1.47. The zero-order valence-electron chi connectivity index (χ0n) is 18.0. The summed E-state index contributed by atoms with van der Waals surface area (Å²) in [6, 6.07) is 11.5. The van der Waals surface area contributed by atoms with Crippen LogP contribution in [0, 0.1) is 11.3 Å². The normalized spacial score (nSPS) is 13.5. The molecular formula is C23H24N6O2. The third-order valence-electron chi connectivity index (χ3n) is 4.88. The number of nitrogens with one attached hydrogen (secondary N) is 1. The second-order valence-corrected chi connectivity index (χ2v) is 8.70. The highest BCUT2D eigenvalue weighted by Gasteiger charge is 2.27. The molecule has 8 nitrogen and oxygen atoms in total. The molecule has 31 heavy (non-hydrogen) atoms. The molecule has 0 atom stereocenters. The molecule has 1 saturated carbocycles. The third kappa shape index (κ3) is 4.72. The molecule has 1 amide bonds. The molecule has 2 aromatic heterocycles. The fraction of sp³-hybridized carbons (Fsp3) is 0.348. The summed E-state index contributed by atoms with van der Waals surface area (Å²) in [5, 5.41) is 20.4. The van der Waals surface area contributed by atoms with Crippen molar-refractivity contribution >= 4 is 11.9 Å². The summed E-state index contributed by atoms with van der Waals surface area (Å²) in [6.07, 6.45) is 3.22. The standard InChI is InChI=1S/C23H24N6O2/c1-23(2,3)31-22(30)27-20-11-16(10-19(26-20)15-6-7-15)17-8-5-14(12-24)9-18(17)21-28-25-13-29(21)4/h5,8-11,13,15H,6-7H2,1-4H3,(H,26,27,30). The van der Waals surface area contributed by atoms with E-state index in [1.807, 2.05) is 50.6 Å². The number of aromatic nitrogens is 4. The van der Waals surface area contributed by atoms with Gasteiger partial charge in [-0.1, -0.05) is 6.07 Å². The van der Waals surface area contributed by atoms with Gasteiger partial charge >= 0.3 is 6.09 Å². The summed E-state index contributed by atoms with van der Waals surface area (Å²) < 4.78 is 7.19. The first-order valence-corrected chi connectivity index (χ1v) is 10.1. The predicted octanol–water partition coefficient (Wildman–Crippen LogP) is 4.64. The third-order valence-corrected chi connectivity index (χ3v) is 4.88. The fourth-order valence-corrected chi connectivity index (χ4v) is 3.35. The summed E-state index contributed by atoms with van der Waals surface area (Å²) in [6.45, 7) is 5.45. The first-order valence-electron chi connectivity index (χ1n) is 10.1. The number of amides is 1. The smallest absolute Gasteiger partial charge is 0.413 e. The van der Waals surface area contributed by atoms with Crippen molar-refractivity contribution < 1.29 is 9.53 Å². The van der Waals surface area contributed by atoms with Gasteiger partial charge < -0.3 is 9.30 Å². The Morgan fingerprint density at radius 2 is 2.00 bits per heavy atom. The number of benzene rings is 1. The SMILES string of the molecule is Cn1cnnc1-c1cc(C#N)ccc1-c1cc(NC(=O)OC(C)(C)C)nc(C2CC2)c1. The van der Waals surface area contributed by atoms with E-state index < -0.39 is 11.7 Å². The van der Waals surface area contributed by atoms with Gasteiger partial charge in [0.25, 0.3) is 0 Å². The lowest BCUT2D eigenvalue weighted by atomic mass is 9.96. The van der Waals surface area contributed by atoms with Crippen LogP contribution in [0.2, 0.25) is 0 Å². The van der Waals surface area contributed by atoms with E-state index in [1.54, 1.807) is 18.5 Å². The zero-order chi connectivity index (χ0) is 22.2. The summed E-state index contributed by atoms with van der Waals surface area (Å²) in [7, 11) is 1.86. The van der Waals surface area contributed by atoms with E-state index in [1.165, 1.54) is 0 Å². The van der Waals surface area contributed by atoms with E-state index in [0.717, 1.165) is 35.2 Å². The molecule has 0 spiro atoms. The van der Waals surface area contributed by atoms with Crippen LogP contribution in [0.4, 0.5) is 10.6 Å². The fourth-order valence-electron chi connectivity index (χ4n) is 3.35. The second-order valence-electron chi connectivity index (χ2n) is 8.70. The molecule has 0 unspecified atom stereocenters. The van der Waals surface area contributed by atoms with Crippen LogP contribution >= 0.6 is 0 Å². The molecule has 8 heteroatoms. The Hall–Kier alpha value is -3.73. The van der Waals surface area contributed by atoms with E-state index in [-0.39, 0.29) is 0 Å². The second kappa shape index (κ2) is 7.84. The monoisotopic (exact) mass is 416 g/mol. The maximum Gasteiger partial charge on any atom is 0.413 e. The van der Waals surface area contributed by atoms with Gasteiger partial charge in [-0.25, -0.2) is 9.78 Å². The molecule has 158 valence electrons. The van der Waals surface area contributed by atoms with E-state index >= 15 is 0 Å². The molecule has 3 aromatic rings. The molecule has 0 radical (unpaired) electrons. The molecule has 0 aliphatic heterocycles. The highest BCUT2D eigenvalue weighted by molar-refractivity contribution is 5.87. The summed E-state index contributed by atoms with van der Waals surface area (Å²) >= 11 is 0. The molecule has 2 heterocycles. The Morgan fingerprint density at radius 1 is 1.23 bits per heavy atom. The number of hydrogen-bond donors (Lipinski definition) is 1. The average molecular weight is 416 g/mol. The van der Waals surface area contributed by atoms with Crippen LogP contribution in [-0.4, -0.2) is 31.4 Å². The number of hydrogen-bond acceptors (Lipinski definition) is 6. The van der Waals surface area contributed by atoms with Gasteiger partial charge in [0.15, 0.2) is 5.82 Å². The number of nitrogens with zero attached hydrogens (tertiary/aromatic N) is 5. The molecule has 1 aliphatic rings. The highest BCUT2D eigenvalue weighted by atomic mass is 16.6. The van der Waals surface area contributed by atoms with Gasteiger partial charge in [0.1, 0.15) is 17.7 Å². The van der Waals surface area contributed by atoms with Gasteiger partial charge in [-0.2, -0.15) is 5.26 Å². The highest BCUT2D eigenvalue weighted by Crippen LogP contribution is 2.42. The first kappa shape index (κ1) is 20.5. The van der Waals surface area contributed by atoms with Crippen LogP contribution in [0.3, 0.4) is 0 Å². The topological polar surface area (TPSA) is 106 Å². The largest absolute Gasteiger partial charge is 0.444 e. The van der Waals surface area contributed by atoms with Gasteiger partial charge in [0.2, 0.25) is 0 Å². The number of aryl methyl sites for hydroxylation is 1. The van der Waals surface area contributed by atoms with E-state index in [2.05, 4.69) is 26.6 Å². The average Bonchev–Trinajstić information content (AvgIpc) is 3.47. The molecule has 1 aromatic carbocycles. The van der Waals surface area contributed by atoms with Crippen molar-refractivity contribution in [2.45, 2.75) is 45.1 Å². The number of anilines is 1. The Balaban J connectivity index is 1.79. The number of carbonyl (C=O) groups excluding carboxylic acids is 1. The minimum atomic E-state index is -0.605. The molecule has 1 N–H and O–H groups in total. The predicted molar refractivity (Wildman–Crippen MR) is 116 cm³/mol. The maximum atomic E-state index is 12.3. The van der Waals surface area contributed by atoms with Crippen LogP contribution in [0.5, 0.6) is 0 Å². The number of pyridine rings is 1. The van der Waals surface area contributed by atoms with Crippen LogP contribution in [-0.2, 0) is 11.8 Å². The quantitative estimate of drug-likeness (QED) is 0.664. The molecule has 1 aliphatic carbocycles. The van der Waals surface area contributed by atoms with Crippen molar-refractivity contribution in [3.63, 3.8) is 0 Å². The van der Waals surface area contributed by atoms with Crippen molar-refractivity contribution in [3.05, 3.63) is 47.9 Å². The molecule has 0 bridgehead atoms. The van der Waals surface area contributed by atoms with Crippen molar-refractivity contribution in [1.82, 2.24) is 19.7 Å². The zero-order valence-corrected chi connectivity index (χ0v) is 18.0. The van der Waals surface area contributed by atoms with Crippen molar-refractivity contribution in [1.29, 1.82) is 5.26 Å². The van der Waals surface area contributed by atoms with Gasteiger partial charge in [0, 0.05) is 24.2 Å². The van der Waals surface area contributed by atoms with Crippen molar-refractivity contribution in [3.8, 4) is 28.6 Å². The van der Waals surface area contributed by atoms with Crippen LogP contribution in [0.1, 0.15) is 50.8 Å². The van der Waals surface area contributed by atoms with Crippen molar-refractivity contribution in [2.75, 3.05) is 5.32 Å². The number of nitriles is 1. The number of ether oxygens (including phenoxy) is 1. The Labute approximate surface area is 180 Å². The summed E-state index contributed by atoms with van der Waals surface area (Å²) in [4.78, 5) is 17.0. The Bertz CT molecular complexity index is 1180. The van der Waals surface area contributed by atoms with E-state index in [4.69, 9.17) is 4.74 Å². The number of rotatable bonds is 4. The molecular weight excluding hydrogens is 392 g/mol. The first-order chi connectivity index (χ1) is 14.7. The lowest BCUT2D eigenvalue weighted by molar-refractivity contribution is 0.0635. The Morgan fingerprint density at radius 3 is 2.61 bits per heavy atom. The van der Waals surface area contributed by atoms with E-state index in [9.17, 15) is 10.1 Å². The molecule has 0 saturated heterocycles. The lowest BCUT2D eigenvalue weighted by Crippen LogP contribution is -2.27. The lowest BCUT2D eigenvalue weighted by Gasteiger charge is -2.20. The summed E-state index contributed by atoms with van der Waals surface area (Å²) in [5.41, 5.74) is 3.40. The molecule has 4 rings (SSSR count). The molecule has 1 fully saturated rings. The van der Waals surface area contributed by atoms with Crippen LogP contribution in [0.25, 0.3) is 22.5 Å². The van der Waals surface area contributed by atoms with Gasteiger partial charge in [-0.05, 0) is 69.0 Å². The number of carbonyl (C=O) groups is 1. The van der Waals surface area contributed by atoms with Gasteiger partial charge in [0.05, 0.1) is 11.6 Å². The minimum absolute atomic E-state index is 0.385. The minimum Gasteiger partial charge on any atom is -0.444 e. The van der Waals surface area contributed by atoms with Crippen molar-refractivity contribution in [2.24, 2.45) is 7.05 Å². The Kier molecular flexibility index (Phi) is 5.19. The van der Waals surface area contributed by atoms with Gasteiger partial charge in [-0.3, -0.25) is 5.32 Å². The van der Waals surface area contributed by atoms with Gasteiger partial charge in [-0.15, -0.1) is 10.2 Å². The van der Waals surface area contributed by atoms with Crippen LogP contribution in [0.15, 0.2) is 36.7 Å². The van der Waals surface area contributed by atoms with Crippen LogP contribution < -0.4 is 5.32 Å². The van der Waals surface area contributed by atoms with E-state index in [0.29, 0.717) is 23.1 Å².